The van der Waals surface area contributed by atoms with Gasteiger partial charge in [-0.05, 0) is 42.3 Å². The molecule has 0 unspecified atom stereocenters. The van der Waals surface area contributed by atoms with Crippen molar-refractivity contribution in [3.63, 3.8) is 0 Å². The van der Waals surface area contributed by atoms with E-state index in [0.29, 0.717) is 27.6 Å². The summed E-state index contributed by atoms with van der Waals surface area (Å²) in [6.45, 7) is 1.60. The minimum atomic E-state index is -4.50. The number of rotatable bonds is 1. The molecule has 1 aromatic heterocycles. The van der Waals surface area contributed by atoms with Crippen molar-refractivity contribution in [1.29, 1.82) is 5.26 Å². The van der Waals surface area contributed by atoms with Gasteiger partial charge in [0.2, 0.25) is 5.56 Å². The first-order chi connectivity index (χ1) is 11.3. The van der Waals surface area contributed by atoms with E-state index in [4.69, 9.17) is 5.26 Å². The van der Waals surface area contributed by atoms with Crippen LogP contribution >= 0.6 is 0 Å². The third kappa shape index (κ3) is 2.76. The Morgan fingerprint density at radius 2 is 1.75 bits per heavy atom. The molecule has 24 heavy (non-hydrogen) atoms. The maximum Gasteiger partial charge on any atom is 0.416 e. The number of alkyl halides is 3. The molecular formula is C18H11F3N2O. The Kier molecular flexibility index (Phi) is 3.64. The van der Waals surface area contributed by atoms with E-state index in [1.165, 1.54) is 18.2 Å². The van der Waals surface area contributed by atoms with E-state index in [0.717, 1.165) is 12.1 Å². The first-order valence-corrected chi connectivity index (χ1v) is 7.05. The van der Waals surface area contributed by atoms with Crippen LogP contribution in [0, 0.1) is 18.3 Å². The number of hydrogen-bond donors (Lipinski definition) is 1. The highest BCUT2D eigenvalue weighted by molar-refractivity contribution is 5.96. The minimum absolute atomic E-state index is 0.269. The first kappa shape index (κ1) is 15.8. The summed E-state index contributed by atoms with van der Waals surface area (Å²) in [6.07, 6.45) is -4.50. The van der Waals surface area contributed by atoms with Gasteiger partial charge in [-0.3, -0.25) is 4.79 Å². The number of H-pyrrole nitrogens is 1. The van der Waals surface area contributed by atoms with Gasteiger partial charge in [-0.1, -0.05) is 12.1 Å². The minimum Gasteiger partial charge on any atom is -0.321 e. The number of benzene rings is 2. The van der Waals surface area contributed by atoms with E-state index in [9.17, 15) is 18.0 Å². The van der Waals surface area contributed by atoms with Crippen LogP contribution in [0.2, 0.25) is 0 Å². The number of aromatic amines is 1. The standard InChI is InChI=1S/C18H11F3N2O/c1-10-6-16(24)23-17-14(10)7-13(18(19,20)21)8-15(17)12-4-2-11(9-22)3-5-12/h2-8H,1H3,(H,23,24). The number of nitrogens with zero attached hydrogens (tertiary/aromatic N) is 1. The molecule has 0 fully saturated rings. The third-order valence-corrected chi connectivity index (χ3v) is 3.81. The highest BCUT2D eigenvalue weighted by atomic mass is 19.4. The van der Waals surface area contributed by atoms with Crippen LogP contribution in [-0.4, -0.2) is 4.98 Å². The molecule has 0 atom stereocenters. The van der Waals surface area contributed by atoms with Crippen LogP contribution in [0.15, 0.2) is 47.3 Å². The second-order valence-electron chi connectivity index (χ2n) is 5.45. The predicted octanol–water partition coefficient (Wildman–Crippen LogP) is 4.39. The summed E-state index contributed by atoms with van der Waals surface area (Å²) in [7, 11) is 0. The molecule has 0 bridgehead atoms. The fourth-order valence-electron chi connectivity index (χ4n) is 2.64. The van der Waals surface area contributed by atoms with Gasteiger partial charge in [-0.2, -0.15) is 18.4 Å². The average molecular weight is 328 g/mol. The van der Waals surface area contributed by atoms with E-state index < -0.39 is 11.7 Å². The number of aryl methyl sites for hydroxylation is 1. The second kappa shape index (κ2) is 5.53. The Hall–Kier alpha value is -3.07. The van der Waals surface area contributed by atoms with E-state index in [1.54, 1.807) is 19.1 Å². The van der Waals surface area contributed by atoms with Gasteiger partial charge >= 0.3 is 6.18 Å². The van der Waals surface area contributed by atoms with Gasteiger partial charge in [0.25, 0.3) is 0 Å². The van der Waals surface area contributed by atoms with Gasteiger partial charge in [0.05, 0.1) is 22.7 Å². The van der Waals surface area contributed by atoms with E-state index in [-0.39, 0.29) is 11.1 Å². The van der Waals surface area contributed by atoms with Crippen LogP contribution in [-0.2, 0) is 6.18 Å². The SMILES string of the molecule is Cc1cc(=O)[nH]c2c(-c3ccc(C#N)cc3)cc(C(F)(F)F)cc12. The molecule has 0 amide bonds. The quantitative estimate of drug-likeness (QED) is 0.720. The molecule has 6 heteroatoms. The molecule has 3 nitrogen and oxygen atoms in total. The first-order valence-electron chi connectivity index (χ1n) is 7.05. The largest absolute Gasteiger partial charge is 0.416 e. The number of halogens is 3. The van der Waals surface area contributed by atoms with Crippen molar-refractivity contribution in [2.24, 2.45) is 0 Å². The van der Waals surface area contributed by atoms with Gasteiger partial charge in [0.15, 0.2) is 0 Å². The zero-order valence-electron chi connectivity index (χ0n) is 12.5. The van der Waals surface area contributed by atoms with Crippen molar-refractivity contribution in [2.75, 3.05) is 0 Å². The number of nitriles is 1. The van der Waals surface area contributed by atoms with E-state index >= 15 is 0 Å². The summed E-state index contributed by atoms with van der Waals surface area (Å²) in [5, 5.41) is 9.18. The molecule has 3 aromatic rings. The lowest BCUT2D eigenvalue weighted by atomic mass is 9.96. The molecule has 0 saturated heterocycles. The molecule has 1 heterocycles. The number of aromatic nitrogens is 1. The lowest BCUT2D eigenvalue weighted by molar-refractivity contribution is -0.137. The number of nitrogens with one attached hydrogen (secondary N) is 1. The summed E-state index contributed by atoms with van der Waals surface area (Å²) in [6, 6.07) is 11.4. The summed E-state index contributed by atoms with van der Waals surface area (Å²) >= 11 is 0. The average Bonchev–Trinajstić information content (AvgIpc) is 2.53. The number of hydrogen-bond acceptors (Lipinski definition) is 2. The molecule has 0 radical (unpaired) electrons. The topological polar surface area (TPSA) is 56.6 Å². The molecule has 1 N–H and O–H groups in total. The van der Waals surface area contributed by atoms with Crippen LogP contribution in [0.5, 0.6) is 0 Å². The Balaban J connectivity index is 2.39. The van der Waals surface area contributed by atoms with Crippen LogP contribution in [0.25, 0.3) is 22.0 Å². The lowest BCUT2D eigenvalue weighted by Crippen LogP contribution is -2.09. The molecule has 0 saturated carbocycles. The predicted molar refractivity (Wildman–Crippen MR) is 84.5 cm³/mol. The molecule has 0 aliphatic carbocycles. The van der Waals surface area contributed by atoms with Crippen LogP contribution < -0.4 is 5.56 Å². The molecule has 0 aliphatic heterocycles. The van der Waals surface area contributed by atoms with Crippen molar-refractivity contribution in [2.45, 2.75) is 13.1 Å². The molecule has 3 rings (SSSR count). The molecule has 120 valence electrons. The Morgan fingerprint density at radius 3 is 2.33 bits per heavy atom. The maximum atomic E-state index is 13.2. The molecule has 0 spiro atoms. The van der Waals surface area contributed by atoms with Gasteiger partial charge in [-0.25, -0.2) is 0 Å². The monoisotopic (exact) mass is 328 g/mol. The Labute approximate surface area is 135 Å². The van der Waals surface area contributed by atoms with Gasteiger partial charge in [0, 0.05) is 17.0 Å². The van der Waals surface area contributed by atoms with Crippen LogP contribution in [0.4, 0.5) is 13.2 Å². The second-order valence-corrected chi connectivity index (χ2v) is 5.45. The number of fused-ring (bicyclic) bond motifs is 1. The fourth-order valence-corrected chi connectivity index (χ4v) is 2.64. The van der Waals surface area contributed by atoms with Gasteiger partial charge in [-0.15, -0.1) is 0 Å². The molecule has 0 aliphatic rings. The van der Waals surface area contributed by atoms with Crippen LogP contribution in [0.1, 0.15) is 16.7 Å². The third-order valence-electron chi connectivity index (χ3n) is 3.81. The Morgan fingerprint density at radius 1 is 1.08 bits per heavy atom. The summed E-state index contributed by atoms with van der Waals surface area (Å²) in [4.78, 5) is 14.4. The van der Waals surface area contributed by atoms with Gasteiger partial charge in [0.1, 0.15) is 0 Å². The summed E-state index contributed by atoms with van der Waals surface area (Å²) in [5.41, 5.74) is 0.808. The zero-order valence-corrected chi connectivity index (χ0v) is 12.5. The van der Waals surface area contributed by atoms with Crippen molar-refractivity contribution < 1.29 is 13.2 Å². The van der Waals surface area contributed by atoms with Gasteiger partial charge < -0.3 is 4.98 Å². The van der Waals surface area contributed by atoms with Crippen molar-refractivity contribution in [3.8, 4) is 17.2 Å². The highest BCUT2D eigenvalue weighted by Gasteiger charge is 2.31. The lowest BCUT2D eigenvalue weighted by Gasteiger charge is -2.14. The fraction of sp³-hybridized carbons (Fsp3) is 0.111. The molecule has 2 aromatic carbocycles. The van der Waals surface area contributed by atoms with Crippen molar-refractivity contribution in [1.82, 2.24) is 4.98 Å². The van der Waals surface area contributed by atoms with E-state index in [1.807, 2.05) is 6.07 Å². The summed E-state index contributed by atoms with van der Waals surface area (Å²) < 4.78 is 39.7. The van der Waals surface area contributed by atoms with Crippen LogP contribution in [0.3, 0.4) is 0 Å². The number of pyridine rings is 1. The Bertz CT molecular complexity index is 1030. The maximum absolute atomic E-state index is 13.2. The smallest absolute Gasteiger partial charge is 0.321 e. The highest BCUT2D eigenvalue weighted by Crippen LogP contribution is 2.37. The normalized spacial score (nSPS) is 11.5. The van der Waals surface area contributed by atoms with Crippen molar-refractivity contribution >= 4 is 10.9 Å². The zero-order chi connectivity index (χ0) is 17.5. The van der Waals surface area contributed by atoms with E-state index in [2.05, 4.69) is 4.98 Å². The van der Waals surface area contributed by atoms with Crippen molar-refractivity contribution in [3.05, 3.63) is 69.5 Å². The summed E-state index contributed by atoms with van der Waals surface area (Å²) in [5.74, 6) is 0. The molecular weight excluding hydrogens is 317 g/mol.